The highest BCUT2D eigenvalue weighted by atomic mass is 35.5. The van der Waals surface area contributed by atoms with Crippen molar-refractivity contribution in [3.05, 3.63) is 119 Å². The molecule has 222 valence electrons. The minimum absolute atomic E-state index is 0.164. The molecule has 1 aliphatic heterocycles. The highest BCUT2D eigenvalue weighted by Crippen LogP contribution is 2.34. The summed E-state index contributed by atoms with van der Waals surface area (Å²) in [5.41, 5.74) is 1.75. The molecular formula is C32H28Cl2N2O6S. The summed E-state index contributed by atoms with van der Waals surface area (Å²) in [4.78, 5) is 32.1. The van der Waals surface area contributed by atoms with Crippen molar-refractivity contribution in [2.75, 3.05) is 26.9 Å². The minimum atomic E-state index is -0.704. The van der Waals surface area contributed by atoms with E-state index in [2.05, 4.69) is 4.99 Å². The molecule has 2 heterocycles. The third-order valence-corrected chi connectivity index (χ3v) is 8.09. The lowest BCUT2D eigenvalue weighted by Gasteiger charge is -2.24. The molecule has 0 saturated heterocycles. The van der Waals surface area contributed by atoms with E-state index in [1.165, 1.54) is 15.9 Å². The Kier molecular flexibility index (Phi) is 9.55. The Labute approximate surface area is 262 Å². The van der Waals surface area contributed by atoms with Crippen LogP contribution in [-0.2, 0) is 9.53 Å². The van der Waals surface area contributed by atoms with Crippen molar-refractivity contribution in [3.63, 3.8) is 0 Å². The van der Waals surface area contributed by atoms with Crippen LogP contribution in [0.2, 0.25) is 10.0 Å². The van der Waals surface area contributed by atoms with E-state index < -0.39 is 12.0 Å². The molecule has 8 nitrogen and oxygen atoms in total. The van der Waals surface area contributed by atoms with Gasteiger partial charge in [0.25, 0.3) is 5.56 Å². The molecule has 4 aromatic rings. The molecule has 11 heteroatoms. The number of fused-ring (bicyclic) bond motifs is 1. The predicted octanol–water partition coefficient (Wildman–Crippen LogP) is 5.57. The number of carbonyl (C=O) groups is 1. The van der Waals surface area contributed by atoms with E-state index in [0.29, 0.717) is 48.4 Å². The van der Waals surface area contributed by atoms with Crippen LogP contribution in [0, 0.1) is 0 Å². The van der Waals surface area contributed by atoms with Gasteiger partial charge < -0.3 is 18.9 Å². The number of benzene rings is 3. The number of hydrogen-bond acceptors (Lipinski definition) is 8. The van der Waals surface area contributed by atoms with Gasteiger partial charge in [-0.05, 0) is 49.8 Å². The number of esters is 1. The van der Waals surface area contributed by atoms with Gasteiger partial charge in [0.1, 0.15) is 19.0 Å². The lowest BCUT2D eigenvalue weighted by atomic mass is 9.96. The Hall–Kier alpha value is -4.05. The summed E-state index contributed by atoms with van der Waals surface area (Å²) in [5, 5.41) is 0.663. The third-order valence-electron chi connectivity index (χ3n) is 6.61. The van der Waals surface area contributed by atoms with Gasteiger partial charge in [-0.15, -0.1) is 0 Å². The van der Waals surface area contributed by atoms with E-state index in [4.69, 9.17) is 42.1 Å². The maximum atomic E-state index is 14.0. The zero-order valence-corrected chi connectivity index (χ0v) is 26.0. The van der Waals surface area contributed by atoms with Crippen molar-refractivity contribution in [1.82, 2.24) is 4.57 Å². The van der Waals surface area contributed by atoms with Gasteiger partial charge in [-0.2, -0.15) is 0 Å². The van der Waals surface area contributed by atoms with E-state index >= 15 is 0 Å². The highest BCUT2D eigenvalue weighted by molar-refractivity contribution is 7.07. The zero-order chi connectivity index (χ0) is 30.5. The average Bonchev–Trinajstić information content (AvgIpc) is 3.30. The fourth-order valence-corrected chi connectivity index (χ4v) is 6.36. The summed E-state index contributed by atoms with van der Waals surface area (Å²) in [6.45, 7) is 4.06. The summed E-state index contributed by atoms with van der Waals surface area (Å²) in [6.07, 6.45) is 1.67. The Morgan fingerprint density at radius 3 is 2.44 bits per heavy atom. The molecule has 1 aliphatic rings. The topological polar surface area (TPSA) is 88.4 Å². The number of methoxy groups -OCH3 is 1. The predicted molar refractivity (Wildman–Crippen MR) is 167 cm³/mol. The first-order valence-electron chi connectivity index (χ1n) is 13.4. The molecule has 0 spiro atoms. The van der Waals surface area contributed by atoms with Crippen molar-refractivity contribution in [3.8, 4) is 17.2 Å². The van der Waals surface area contributed by atoms with E-state index in [-0.39, 0.29) is 30.4 Å². The van der Waals surface area contributed by atoms with Crippen molar-refractivity contribution in [1.29, 1.82) is 0 Å². The van der Waals surface area contributed by atoms with Gasteiger partial charge in [0.2, 0.25) is 0 Å². The standard InChI is InChI=1S/C32H28Cl2N2O6S/c1-4-40-31(38)27-19(2)35-32-36(28(27)20-10-6-5-7-11-20)30(37)26(43-32)17-21-16-22(33)18-23(34)29(21)42-15-14-41-25-13-9-8-12-24(25)39-3/h5-13,16-18,28H,4,14-15H2,1-3H3/t28-/m1/s1. The summed E-state index contributed by atoms with van der Waals surface area (Å²) in [7, 11) is 1.57. The molecule has 1 atom stereocenters. The van der Waals surface area contributed by atoms with Gasteiger partial charge in [0.15, 0.2) is 16.3 Å². The molecule has 0 aliphatic carbocycles. The SMILES string of the molecule is CCOC(=O)C1=C(C)N=c2sc(=Cc3cc(Cl)cc(Cl)c3OCCOc3ccccc3OC)c(=O)n2[C@@H]1c1ccccc1. The molecule has 0 fully saturated rings. The van der Waals surface area contributed by atoms with Crippen LogP contribution >= 0.6 is 34.5 Å². The number of hydrogen-bond donors (Lipinski definition) is 0. The fraction of sp³-hybridized carbons (Fsp3) is 0.219. The third kappa shape index (κ3) is 6.49. The zero-order valence-electron chi connectivity index (χ0n) is 23.6. The van der Waals surface area contributed by atoms with Crippen LogP contribution in [0.3, 0.4) is 0 Å². The van der Waals surface area contributed by atoms with Crippen molar-refractivity contribution in [2.45, 2.75) is 19.9 Å². The van der Waals surface area contributed by atoms with Crippen LogP contribution in [-0.4, -0.2) is 37.5 Å². The monoisotopic (exact) mass is 638 g/mol. The average molecular weight is 640 g/mol. The van der Waals surface area contributed by atoms with Gasteiger partial charge in [-0.3, -0.25) is 9.36 Å². The number of carbonyl (C=O) groups excluding carboxylic acids is 1. The second-order valence-corrected chi connectivity index (χ2v) is 11.2. The van der Waals surface area contributed by atoms with Crippen molar-refractivity contribution >= 4 is 46.6 Å². The van der Waals surface area contributed by atoms with E-state index in [9.17, 15) is 9.59 Å². The molecule has 0 bridgehead atoms. The molecule has 43 heavy (non-hydrogen) atoms. The van der Waals surface area contributed by atoms with Gasteiger partial charge in [0, 0.05) is 10.6 Å². The molecule has 0 amide bonds. The number of thiazole rings is 1. The summed E-state index contributed by atoms with van der Waals surface area (Å²) in [5.74, 6) is 1.03. The Bertz CT molecular complexity index is 1870. The first-order valence-corrected chi connectivity index (χ1v) is 15.0. The van der Waals surface area contributed by atoms with Crippen LogP contribution < -0.4 is 29.1 Å². The molecule has 1 aromatic heterocycles. The second kappa shape index (κ2) is 13.5. The quantitative estimate of drug-likeness (QED) is 0.167. The van der Waals surface area contributed by atoms with Crippen LogP contribution in [0.15, 0.2) is 87.8 Å². The summed E-state index contributed by atoms with van der Waals surface area (Å²) >= 11 is 14.1. The first kappa shape index (κ1) is 30.4. The Morgan fingerprint density at radius 2 is 1.72 bits per heavy atom. The van der Waals surface area contributed by atoms with Crippen molar-refractivity contribution < 1.29 is 23.7 Å². The number of halogens is 2. The van der Waals surface area contributed by atoms with E-state index in [0.717, 1.165) is 5.56 Å². The summed E-state index contributed by atoms with van der Waals surface area (Å²) in [6, 6.07) is 19.2. The van der Waals surface area contributed by atoms with Crippen LogP contribution in [0.25, 0.3) is 6.08 Å². The summed E-state index contributed by atoms with van der Waals surface area (Å²) < 4.78 is 24.4. The lowest BCUT2D eigenvalue weighted by Crippen LogP contribution is -2.39. The van der Waals surface area contributed by atoms with Crippen LogP contribution in [0.4, 0.5) is 0 Å². The molecule has 0 radical (unpaired) electrons. The first-order chi connectivity index (χ1) is 20.8. The number of nitrogens with zero attached hydrogens (tertiary/aromatic N) is 2. The number of para-hydroxylation sites is 2. The number of rotatable bonds is 10. The molecule has 0 saturated carbocycles. The smallest absolute Gasteiger partial charge is 0.338 e. The fourth-order valence-electron chi connectivity index (χ4n) is 4.76. The van der Waals surface area contributed by atoms with Gasteiger partial charge in [-0.25, -0.2) is 9.79 Å². The number of allylic oxidation sites excluding steroid dienone is 1. The van der Waals surface area contributed by atoms with E-state index in [1.807, 2.05) is 42.5 Å². The van der Waals surface area contributed by atoms with Crippen molar-refractivity contribution in [2.24, 2.45) is 4.99 Å². The largest absolute Gasteiger partial charge is 0.493 e. The van der Waals surface area contributed by atoms with Crippen LogP contribution in [0.5, 0.6) is 17.2 Å². The normalized spacial score (nSPS) is 14.6. The maximum absolute atomic E-state index is 14.0. The molecule has 5 rings (SSSR count). The van der Waals surface area contributed by atoms with E-state index in [1.54, 1.807) is 51.3 Å². The van der Waals surface area contributed by atoms with Gasteiger partial charge in [0.05, 0.1) is 40.6 Å². The minimum Gasteiger partial charge on any atom is -0.493 e. The molecule has 3 aromatic carbocycles. The van der Waals surface area contributed by atoms with Gasteiger partial charge in [-0.1, -0.05) is 77.0 Å². The Morgan fingerprint density at radius 1 is 1.02 bits per heavy atom. The van der Waals surface area contributed by atoms with Gasteiger partial charge >= 0.3 is 5.97 Å². The Balaban J connectivity index is 1.52. The highest BCUT2D eigenvalue weighted by Gasteiger charge is 2.33. The number of aromatic nitrogens is 1. The lowest BCUT2D eigenvalue weighted by molar-refractivity contribution is -0.139. The molecule has 0 N–H and O–H groups in total. The number of ether oxygens (including phenoxy) is 4. The van der Waals surface area contributed by atoms with Crippen LogP contribution in [0.1, 0.15) is 31.0 Å². The second-order valence-electron chi connectivity index (χ2n) is 9.37. The maximum Gasteiger partial charge on any atom is 0.338 e. The molecular weight excluding hydrogens is 611 g/mol. The molecule has 0 unspecified atom stereocenters.